The topological polar surface area (TPSA) is 62.3 Å². The Bertz CT molecular complexity index is 818. The van der Waals surface area contributed by atoms with Gasteiger partial charge < -0.3 is 5.32 Å². The van der Waals surface area contributed by atoms with Gasteiger partial charge in [0.15, 0.2) is 0 Å². The summed E-state index contributed by atoms with van der Waals surface area (Å²) < 4.78 is 40.3. The predicted molar refractivity (Wildman–Crippen MR) is 90.8 cm³/mol. The minimum absolute atomic E-state index is 0.159. The lowest BCUT2D eigenvalue weighted by Crippen LogP contribution is -2.42. The molecule has 5 nitrogen and oxygen atoms in total. The molecular weight excluding hydrogens is 329 g/mol. The Hall–Kier alpha value is -1.99. The number of benzene rings is 1. The van der Waals surface area contributed by atoms with Crippen LogP contribution in [0.5, 0.6) is 0 Å². The van der Waals surface area contributed by atoms with Gasteiger partial charge in [-0.3, -0.25) is 0 Å². The first-order valence-corrected chi connectivity index (χ1v) is 9.36. The molecule has 0 unspecified atom stereocenters. The SMILES string of the molecule is Cc1cccc(NC2CCN(S(=O)(=O)c3ccccc3F)CC2)n1. The number of halogens is 1. The molecule has 2 heterocycles. The molecule has 0 radical (unpaired) electrons. The molecular formula is C17H20FN3O2S. The van der Waals surface area contributed by atoms with Gasteiger partial charge in [-0.1, -0.05) is 18.2 Å². The van der Waals surface area contributed by atoms with Gasteiger partial charge >= 0.3 is 0 Å². The fraction of sp³-hybridized carbons (Fsp3) is 0.353. The van der Waals surface area contributed by atoms with Crippen molar-refractivity contribution < 1.29 is 12.8 Å². The van der Waals surface area contributed by atoms with E-state index in [4.69, 9.17) is 0 Å². The second-order valence-electron chi connectivity index (χ2n) is 5.92. The summed E-state index contributed by atoms with van der Waals surface area (Å²) in [6, 6.07) is 11.4. The maximum Gasteiger partial charge on any atom is 0.245 e. The third kappa shape index (κ3) is 3.57. The number of sulfonamides is 1. The molecule has 3 rings (SSSR count). The monoisotopic (exact) mass is 349 g/mol. The van der Waals surface area contributed by atoms with Crippen LogP contribution in [0.3, 0.4) is 0 Å². The second-order valence-corrected chi connectivity index (χ2v) is 7.82. The van der Waals surface area contributed by atoms with Crippen molar-refractivity contribution in [2.24, 2.45) is 0 Å². The van der Waals surface area contributed by atoms with Gasteiger partial charge in [-0.05, 0) is 44.0 Å². The van der Waals surface area contributed by atoms with E-state index in [1.54, 1.807) is 0 Å². The first-order chi connectivity index (χ1) is 11.5. The smallest absolute Gasteiger partial charge is 0.245 e. The van der Waals surface area contributed by atoms with Crippen LogP contribution in [0.2, 0.25) is 0 Å². The van der Waals surface area contributed by atoms with E-state index in [0.717, 1.165) is 11.5 Å². The van der Waals surface area contributed by atoms with E-state index < -0.39 is 15.8 Å². The van der Waals surface area contributed by atoms with Gasteiger partial charge in [-0.25, -0.2) is 17.8 Å². The van der Waals surface area contributed by atoms with E-state index in [1.165, 1.54) is 28.6 Å². The third-order valence-electron chi connectivity index (χ3n) is 4.15. The normalized spacial score (nSPS) is 16.9. The molecule has 0 amide bonds. The lowest BCUT2D eigenvalue weighted by Gasteiger charge is -2.32. The van der Waals surface area contributed by atoms with Crippen molar-refractivity contribution in [3.63, 3.8) is 0 Å². The second kappa shape index (κ2) is 6.86. The van der Waals surface area contributed by atoms with Crippen LogP contribution < -0.4 is 5.32 Å². The highest BCUT2D eigenvalue weighted by Crippen LogP contribution is 2.24. The number of anilines is 1. The quantitative estimate of drug-likeness (QED) is 0.922. The summed E-state index contributed by atoms with van der Waals surface area (Å²) in [6.45, 7) is 2.65. The molecule has 1 aromatic carbocycles. The molecule has 1 saturated heterocycles. The largest absolute Gasteiger partial charge is 0.367 e. The van der Waals surface area contributed by atoms with Gasteiger partial charge in [0, 0.05) is 24.8 Å². The zero-order valence-electron chi connectivity index (χ0n) is 13.4. The molecule has 0 bridgehead atoms. The zero-order valence-corrected chi connectivity index (χ0v) is 14.3. The summed E-state index contributed by atoms with van der Waals surface area (Å²) in [7, 11) is -3.78. The zero-order chi connectivity index (χ0) is 17.2. The Labute approximate surface area is 141 Å². The van der Waals surface area contributed by atoms with Crippen LogP contribution in [0, 0.1) is 12.7 Å². The fourth-order valence-electron chi connectivity index (χ4n) is 2.87. The predicted octanol–water partition coefficient (Wildman–Crippen LogP) is 2.79. The van der Waals surface area contributed by atoms with Crippen molar-refractivity contribution in [3.8, 4) is 0 Å². The van der Waals surface area contributed by atoms with Crippen LogP contribution in [-0.4, -0.2) is 36.8 Å². The van der Waals surface area contributed by atoms with Crippen molar-refractivity contribution >= 4 is 15.8 Å². The van der Waals surface area contributed by atoms with Gasteiger partial charge in [0.25, 0.3) is 0 Å². The highest BCUT2D eigenvalue weighted by Gasteiger charge is 2.31. The molecule has 2 aromatic rings. The average molecular weight is 349 g/mol. The summed E-state index contributed by atoms with van der Waals surface area (Å²) >= 11 is 0. The first-order valence-electron chi connectivity index (χ1n) is 7.92. The van der Waals surface area contributed by atoms with E-state index in [1.807, 2.05) is 25.1 Å². The van der Waals surface area contributed by atoms with Crippen LogP contribution in [0.1, 0.15) is 18.5 Å². The molecule has 128 valence electrons. The lowest BCUT2D eigenvalue weighted by molar-refractivity contribution is 0.328. The third-order valence-corrected chi connectivity index (χ3v) is 6.08. The molecule has 1 aromatic heterocycles. The number of aromatic nitrogens is 1. The summed E-state index contributed by atoms with van der Waals surface area (Å²) in [5.41, 5.74) is 0.930. The molecule has 1 aliphatic heterocycles. The van der Waals surface area contributed by atoms with Gasteiger partial charge in [0.2, 0.25) is 10.0 Å². The van der Waals surface area contributed by atoms with Crippen LogP contribution >= 0.6 is 0 Å². The Morgan fingerprint density at radius 1 is 1.12 bits per heavy atom. The lowest BCUT2D eigenvalue weighted by atomic mass is 10.1. The van der Waals surface area contributed by atoms with E-state index >= 15 is 0 Å². The maximum absolute atomic E-state index is 13.8. The number of rotatable bonds is 4. The van der Waals surface area contributed by atoms with Crippen LogP contribution in [0.25, 0.3) is 0 Å². The molecule has 0 saturated carbocycles. The van der Waals surface area contributed by atoms with Crippen LogP contribution in [0.15, 0.2) is 47.4 Å². The van der Waals surface area contributed by atoms with E-state index in [2.05, 4.69) is 10.3 Å². The maximum atomic E-state index is 13.8. The molecule has 1 aliphatic rings. The summed E-state index contributed by atoms with van der Waals surface area (Å²) in [4.78, 5) is 4.15. The van der Waals surface area contributed by atoms with Gasteiger partial charge in [0.1, 0.15) is 16.5 Å². The standard InChI is InChI=1S/C17H20FN3O2S/c1-13-5-4-8-17(19-13)20-14-9-11-21(12-10-14)24(22,23)16-7-3-2-6-15(16)18/h2-8,14H,9-12H2,1H3,(H,19,20). The fourth-order valence-corrected chi connectivity index (χ4v) is 4.40. The molecule has 24 heavy (non-hydrogen) atoms. The van der Waals surface area contributed by atoms with Crippen molar-refractivity contribution in [3.05, 3.63) is 54.0 Å². The number of nitrogens with zero attached hydrogens (tertiary/aromatic N) is 2. The number of aryl methyl sites for hydroxylation is 1. The Morgan fingerprint density at radius 3 is 2.50 bits per heavy atom. The molecule has 0 spiro atoms. The average Bonchev–Trinajstić information content (AvgIpc) is 2.55. The summed E-state index contributed by atoms with van der Waals surface area (Å²) in [6.07, 6.45) is 1.31. The number of hydrogen-bond donors (Lipinski definition) is 1. The molecule has 1 N–H and O–H groups in total. The van der Waals surface area contributed by atoms with Crippen molar-refractivity contribution in [2.45, 2.75) is 30.7 Å². The van der Waals surface area contributed by atoms with Gasteiger partial charge in [-0.15, -0.1) is 0 Å². The van der Waals surface area contributed by atoms with Crippen molar-refractivity contribution in [1.82, 2.24) is 9.29 Å². The Kier molecular flexibility index (Phi) is 4.82. The molecule has 0 aliphatic carbocycles. The summed E-state index contributed by atoms with van der Waals surface area (Å²) in [5, 5.41) is 3.34. The molecule has 1 fully saturated rings. The number of pyridine rings is 1. The Morgan fingerprint density at radius 2 is 1.83 bits per heavy atom. The Balaban J connectivity index is 1.66. The molecule has 0 atom stereocenters. The number of hydrogen-bond acceptors (Lipinski definition) is 4. The minimum Gasteiger partial charge on any atom is -0.367 e. The van der Waals surface area contributed by atoms with E-state index in [9.17, 15) is 12.8 Å². The number of piperidine rings is 1. The molecule has 7 heteroatoms. The van der Waals surface area contributed by atoms with Gasteiger partial charge in [-0.2, -0.15) is 4.31 Å². The van der Waals surface area contributed by atoms with Crippen LogP contribution in [0.4, 0.5) is 10.2 Å². The first kappa shape index (κ1) is 16.9. The van der Waals surface area contributed by atoms with Crippen molar-refractivity contribution in [2.75, 3.05) is 18.4 Å². The van der Waals surface area contributed by atoms with Crippen LogP contribution in [-0.2, 0) is 10.0 Å². The minimum atomic E-state index is -3.78. The summed E-state index contributed by atoms with van der Waals surface area (Å²) in [5.74, 6) is 0.0899. The van der Waals surface area contributed by atoms with E-state index in [-0.39, 0.29) is 10.9 Å². The highest BCUT2D eigenvalue weighted by molar-refractivity contribution is 7.89. The number of nitrogens with one attached hydrogen (secondary N) is 1. The highest BCUT2D eigenvalue weighted by atomic mass is 32.2. The van der Waals surface area contributed by atoms with Crippen molar-refractivity contribution in [1.29, 1.82) is 0 Å². The van der Waals surface area contributed by atoms with Gasteiger partial charge in [0.05, 0.1) is 0 Å². The van der Waals surface area contributed by atoms with E-state index in [0.29, 0.717) is 25.9 Å².